The molecule has 2 N–H and O–H groups in total. The van der Waals surface area contributed by atoms with E-state index in [0.29, 0.717) is 11.0 Å². The van der Waals surface area contributed by atoms with E-state index in [1.807, 2.05) is 18.2 Å². The van der Waals surface area contributed by atoms with Gasteiger partial charge in [-0.2, -0.15) is 0 Å². The van der Waals surface area contributed by atoms with Crippen molar-refractivity contribution in [3.05, 3.63) is 36.3 Å². The van der Waals surface area contributed by atoms with E-state index in [1.54, 1.807) is 12.3 Å². The third-order valence-corrected chi connectivity index (χ3v) is 2.43. The summed E-state index contributed by atoms with van der Waals surface area (Å²) < 4.78 is 0. The maximum Gasteiger partial charge on any atom is 0.371 e. The predicted molar refractivity (Wildman–Crippen MR) is 58.4 cm³/mol. The van der Waals surface area contributed by atoms with Crippen LogP contribution in [0.25, 0.3) is 21.9 Å². The van der Waals surface area contributed by atoms with E-state index >= 15 is 0 Å². The molecule has 16 heavy (non-hydrogen) atoms. The molecule has 3 aromatic rings. The molecule has 5 heteroatoms. The molecular formula is C11H7N3O2. The number of rotatable bonds is 1. The highest BCUT2D eigenvalue weighted by molar-refractivity contribution is 6.03. The van der Waals surface area contributed by atoms with Crippen molar-refractivity contribution in [1.82, 2.24) is 15.0 Å². The molecule has 0 aliphatic rings. The number of carboxylic acid groups (broad SMARTS) is 1. The van der Waals surface area contributed by atoms with E-state index in [0.717, 1.165) is 10.9 Å². The zero-order valence-corrected chi connectivity index (χ0v) is 8.14. The molecular weight excluding hydrogens is 206 g/mol. The summed E-state index contributed by atoms with van der Waals surface area (Å²) in [5.74, 6) is -1.13. The quantitative estimate of drug-likeness (QED) is 0.646. The van der Waals surface area contributed by atoms with Gasteiger partial charge < -0.3 is 10.1 Å². The Morgan fingerprint density at radius 2 is 2.19 bits per heavy atom. The zero-order chi connectivity index (χ0) is 11.1. The number of nitrogens with one attached hydrogen (secondary N) is 1. The number of pyridine rings is 1. The van der Waals surface area contributed by atoms with Gasteiger partial charge in [-0.15, -0.1) is 0 Å². The van der Waals surface area contributed by atoms with Crippen LogP contribution < -0.4 is 0 Å². The second-order valence-electron chi connectivity index (χ2n) is 3.43. The third kappa shape index (κ3) is 1.15. The van der Waals surface area contributed by atoms with Crippen LogP contribution in [-0.2, 0) is 0 Å². The zero-order valence-electron chi connectivity index (χ0n) is 8.14. The number of imidazole rings is 1. The SMILES string of the molecule is O=C(O)c1nc2ccc3cccnc3c2[nH]1. The van der Waals surface area contributed by atoms with Crippen LogP contribution in [0.3, 0.4) is 0 Å². The fourth-order valence-corrected chi connectivity index (χ4v) is 1.72. The second-order valence-corrected chi connectivity index (χ2v) is 3.43. The van der Waals surface area contributed by atoms with Crippen molar-refractivity contribution in [3.8, 4) is 0 Å². The molecule has 2 aromatic heterocycles. The number of aromatic carboxylic acids is 1. The molecule has 0 bridgehead atoms. The van der Waals surface area contributed by atoms with Crippen LogP contribution in [0, 0.1) is 0 Å². The standard InChI is InChI=1S/C11H7N3O2/c15-11(16)10-13-7-4-3-6-2-1-5-12-8(6)9(7)14-10/h1-5H,(H,13,14)(H,15,16). The average molecular weight is 213 g/mol. The Labute approximate surface area is 89.8 Å². The molecule has 78 valence electrons. The van der Waals surface area contributed by atoms with Gasteiger partial charge in [-0.05, 0) is 12.1 Å². The van der Waals surface area contributed by atoms with E-state index in [2.05, 4.69) is 15.0 Å². The van der Waals surface area contributed by atoms with Gasteiger partial charge in [0, 0.05) is 11.6 Å². The third-order valence-electron chi connectivity index (χ3n) is 2.43. The number of nitrogens with zero attached hydrogens (tertiary/aromatic N) is 2. The summed E-state index contributed by atoms with van der Waals surface area (Å²) in [6.45, 7) is 0. The topological polar surface area (TPSA) is 78.9 Å². The molecule has 0 atom stereocenters. The lowest BCUT2D eigenvalue weighted by Crippen LogP contribution is -1.97. The molecule has 0 fully saturated rings. The number of hydrogen-bond acceptors (Lipinski definition) is 3. The first-order valence-electron chi connectivity index (χ1n) is 4.72. The van der Waals surface area contributed by atoms with Crippen LogP contribution in [-0.4, -0.2) is 26.0 Å². The van der Waals surface area contributed by atoms with Crippen molar-refractivity contribution in [2.75, 3.05) is 0 Å². The van der Waals surface area contributed by atoms with Gasteiger partial charge in [0.05, 0.1) is 16.6 Å². The summed E-state index contributed by atoms with van der Waals surface area (Å²) in [4.78, 5) is 21.7. The van der Waals surface area contributed by atoms with E-state index in [4.69, 9.17) is 5.11 Å². The molecule has 2 heterocycles. The van der Waals surface area contributed by atoms with Crippen molar-refractivity contribution < 1.29 is 9.90 Å². The van der Waals surface area contributed by atoms with Gasteiger partial charge in [0.15, 0.2) is 0 Å². The Balaban J connectivity index is 2.46. The lowest BCUT2D eigenvalue weighted by molar-refractivity contribution is 0.0685. The molecule has 0 saturated carbocycles. The molecule has 5 nitrogen and oxygen atoms in total. The summed E-state index contributed by atoms with van der Waals surface area (Å²) in [6.07, 6.45) is 1.67. The first kappa shape index (κ1) is 8.84. The molecule has 0 spiro atoms. The molecule has 1 aromatic carbocycles. The van der Waals surface area contributed by atoms with Crippen molar-refractivity contribution in [3.63, 3.8) is 0 Å². The van der Waals surface area contributed by atoms with E-state index in [9.17, 15) is 4.79 Å². The molecule has 0 aliphatic heterocycles. The summed E-state index contributed by atoms with van der Waals surface area (Å²) in [7, 11) is 0. The molecule has 0 radical (unpaired) electrons. The molecule has 0 unspecified atom stereocenters. The fraction of sp³-hybridized carbons (Fsp3) is 0. The van der Waals surface area contributed by atoms with Crippen LogP contribution in [0.2, 0.25) is 0 Å². The van der Waals surface area contributed by atoms with E-state index in [1.165, 1.54) is 0 Å². The highest BCUT2D eigenvalue weighted by Gasteiger charge is 2.11. The van der Waals surface area contributed by atoms with Crippen LogP contribution in [0.15, 0.2) is 30.5 Å². The first-order chi connectivity index (χ1) is 7.75. The normalized spacial score (nSPS) is 11.0. The monoisotopic (exact) mass is 213 g/mol. The van der Waals surface area contributed by atoms with Gasteiger partial charge in [-0.1, -0.05) is 12.1 Å². The van der Waals surface area contributed by atoms with Gasteiger partial charge in [0.1, 0.15) is 0 Å². The van der Waals surface area contributed by atoms with Crippen LogP contribution in [0.1, 0.15) is 10.6 Å². The van der Waals surface area contributed by atoms with Gasteiger partial charge in [-0.25, -0.2) is 9.78 Å². The van der Waals surface area contributed by atoms with Crippen LogP contribution >= 0.6 is 0 Å². The van der Waals surface area contributed by atoms with Gasteiger partial charge in [-0.3, -0.25) is 4.98 Å². The van der Waals surface area contributed by atoms with E-state index < -0.39 is 5.97 Å². The summed E-state index contributed by atoms with van der Waals surface area (Å²) in [5, 5.41) is 9.80. The number of aromatic amines is 1. The highest BCUT2D eigenvalue weighted by atomic mass is 16.4. The molecule has 3 rings (SSSR count). The number of fused-ring (bicyclic) bond motifs is 3. The smallest absolute Gasteiger partial charge is 0.371 e. The number of hydrogen-bond donors (Lipinski definition) is 2. The highest BCUT2D eigenvalue weighted by Crippen LogP contribution is 2.21. The summed E-state index contributed by atoms with van der Waals surface area (Å²) in [5.41, 5.74) is 2.01. The Kier molecular flexibility index (Phi) is 1.67. The van der Waals surface area contributed by atoms with Gasteiger partial charge in [0.2, 0.25) is 5.82 Å². The lowest BCUT2D eigenvalue weighted by Gasteiger charge is -1.95. The minimum Gasteiger partial charge on any atom is -0.475 e. The number of aromatic nitrogens is 3. The number of carboxylic acids is 1. The maximum atomic E-state index is 10.8. The maximum absolute atomic E-state index is 10.8. The average Bonchev–Trinajstić information content (AvgIpc) is 2.73. The first-order valence-corrected chi connectivity index (χ1v) is 4.72. The Bertz CT molecular complexity index is 703. The predicted octanol–water partition coefficient (Wildman–Crippen LogP) is 1.81. The van der Waals surface area contributed by atoms with Crippen molar-refractivity contribution in [1.29, 1.82) is 0 Å². The second kappa shape index (κ2) is 3.03. The Morgan fingerprint density at radius 3 is 3.00 bits per heavy atom. The summed E-state index contributed by atoms with van der Waals surface area (Å²) >= 11 is 0. The van der Waals surface area contributed by atoms with Crippen molar-refractivity contribution in [2.24, 2.45) is 0 Å². The Hall–Kier alpha value is -2.43. The minimum atomic E-state index is -1.07. The molecule has 0 amide bonds. The fourth-order valence-electron chi connectivity index (χ4n) is 1.72. The molecule has 0 aliphatic carbocycles. The van der Waals surface area contributed by atoms with Crippen molar-refractivity contribution >= 4 is 27.9 Å². The lowest BCUT2D eigenvalue weighted by atomic mass is 10.2. The van der Waals surface area contributed by atoms with Crippen molar-refractivity contribution in [2.45, 2.75) is 0 Å². The van der Waals surface area contributed by atoms with E-state index in [-0.39, 0.29) is 5.82 Å². The van der Waals surface area contributed by atoms with Gasteiger partial charge >= 0.3 is 5.97 Å². The molecule has 0 saturated heterocycles. The number of benzene rings is 1. The Morgan fingerprint density at radius 1 is 1.31 bits per heavy atom. The van der Waals surface area contributed by atoms with Crippen LogP contribution in [0.5, 0.6) is 0 Å². The van der Waals surface area contributed by atoms with Gasteiger partial charge in [0.25, 0.3) is 0 Å². The largest absolute Gasteiger partial charge is 0.475 e. The van der Waals surface area contributed by atoms with Crippen LogP contribution in [0.4, 0.5) is 0 Å². The number of carbonyl (C=O) groups is 1. The summed E-state index contributed by atoms with van der Waals surface area (Å²) in [6, 6.07) is 7.41. The minimum absolute atomic E-state index is 0.0619. The number of H-pyrrole nitrogens is 1.